The lowest BCUT2D eigenvalue weighted by Gasteiger charge is -2.25. The summed E-state index contributed by atoms with van der Waals surface area (Å²) in [5, 5.41) is 8.83. The lowest BCUT2D eigenvalue weighted by atomic mass is 9.99. The predicted octanol–water partition coefficient (Wildman–Crippen LogP) is 2.48. The second-order valence-electron chi connectivity index (χ2n) is 5.43. The topological polar surface area (TPSA) is 72.2 Å². The molecule has 1 heterocycles. The van der Waals surface area contributed by atoms with Crippen molar-refractivity contribution < 1.29 is 9.90 Å². The third-order valence-electron chi connectivity index (χ3n) is 4.17. The fourth-order valence-electron chi connectivity index (χ4n) is 2.48. The Bertz CT molecular complexity index is 549. The Morgan fingerprint density at radius 1 is 1.35 bits per heavy atom. The fraction of sp³-hybridized carbons (Fsp3) is 0.667. The van der Waals surface area contributed by atoms with Gasteiger partial charge in [0.1, 0.15) is 0 Å². The molecule has 0 aliphatic carbocycles. The largest absolute Gasteiger partial charge is 0.481 e. The van der Waals surface area contributed by atoms with Gasteiger partial charge in [-0.15, -0.1) is 0 Å². The number of hydrogen-bond acceptors (Lipinski definition) is 3. The molecule has 0 aliphatic rings. The van der Waals surface area contributed by atoms with E-state index in [0.29, 0.717) is 18.0 Å². The number of carbonyl (C=O) groups is 1. The van der Waals surface area contributed by atoms with Crippen LogP contribution in [0.15, 0.2) is 4.79 Å². The maximum absolute atomic E-state index is 12.1. The van der Waals surface area contributed by atoms with Gasteiger partial charge in [-0.05, 0) is 38.7 Å². The minimum atomic E-state index is -0.837. The van der Waals surface area contributed by atoms with Gasteiger partial charge in [-0.1, -0.05) is 20.3 Å². The SMILES string of the molecule is CCC(C)C(C)n1c(C)c(CCC(=O)O)c(C)nc1=O. The van der Waals surface area contributed by atoms with Gasteiger partial charge >= 0.3 is 11.7 Å². The van der Waals surface area contributed by atoms with E-state index < -0.39 is 5.97 Å². The third-order valence-corrected chi connectivity index (χ3v) is 4.17. The molecule has 0 fully saturated rings. The van der Waals surface area contributed by atoms with Crippen LogP contribution in [0.3, 0.4) is 0 Å². The number of aromatic nitrogens is 2. The highest BCUT2D eigenvalue weighted by Crippen LogP contribution is 2.22. The fourth-order valence-corrected chi connectivity index (χ4v) is 2.48. The maximum atomic E-state index is 12.1. The number of aliphatic carboxylic acids is 1. The summed E-state index contributed by atoms with van der Waals surface area (Å²) >= 11 is 0. The summed E-state index contributed by atoms with van der Waals surface area (Å²) in [4.78, 5) is 27.0. The Labute approximate surface area is 119 Å². The van der Waals surface area contributed by atoms with Crippen molar-refractivity contribution in [2.75, 3.05) is 0 Å². The highest BCUT2D eigenvalue weighted by atomic mass is 16.4. The van der Waals surface area contributed by atoms with E-state index in [9.17, 15) is 9.59 Å². The summed E-state index contributed by atoms with van der Waals surface area (Å²) in [6.07, 6.45) is 1.44. The lowest BCUT2D eigenvalue weighted by Crippen LogP contribution is -2.32. The molecular formula is C15H24N2O3. The van der Waals surface area contributed by atoms with Crippen molar-refractivity contribution in [3.05, 3.63) is 27.4 Å². The average Bonchev–Trinajstić information content (AvgIpc) is 2.36. The molecule has 5 nitrogen and oxygen atoms in total. The molecule has 0 spiro atoms. The summed E-state index contributed by atoms with van der Waals surface area (Å²) in [6.45, 7) is 9.86. The molecule has 1 aromatic heterocycles. The van der Waals surface area contributed by atoms with Crippen LogP contribution in [0.4, 0.5) is 0 Å². The standard InChI is InChI=1S/C15H24N2O3/c1-6-9(2)11(4)17-12(5)13(7-8-14(18)19)10(3)16-15(17)20/h9,11H,6-8H2,1-5H3,(H,18,19). The molecule has 0 saturated heterocycles. The Morgan fingerprint density at radius 3 is 2.45 bits per heavy atom. The lowest BCUT2D eigenvalue weighted by molar-refractivity contribution is -0.136. The van der Waals surface area contributed by atoms with Gasteiger partial charge in [-0.2, -0.15) is 4.98 Å². The van der Waals surface area contributed by atoms with Crippen LogP contribution in [0.1, 0.15) is 56.6 Å². The number of carboxylic acid groups (broad SMARTS) is 1. The molecule has 0 aromatic carbocycles. The van der Waals surface area contributed by atoms with E-state index in [1.54, 1.807) is 11.5 Å². The van der Waals surface area contributed by atoms with Crippen molar-refractivity contribution >= 4 is 5.97 Å². The normalized spacial score (nSPS) is 14.1. The number of aryl methyl sites for hydroxylation is 1. The minimum absolute atomic E-state index is 0.0548. The van der Waals surface area contributed by atoms with E-state index in [-0.39, 0.29) is 18.2 Å². The first kappa shape index (κ1) is 16.4. The van der Waals surface area contributed by atoms with Crippen molar-refractivity contribution in [2.24, 2.45) is 5.92 Å². The molecule has 0 aliphatic heterocycles. The van der Waals surface area contributed by atoms with Gasteiger partial charge in [0.05, 0.1) is 0 Å². The van der Waals surface area contributed by atoms with Gasteiger partial charge in [0, 0.05) is 23.9 Å². The molecule has 0 bridgehead atoms. The number of nitrogens with zero attached hydrogens (tertiary/aromatic N) is 2. The van der Waals surface area contributed by atoms with Gasteiger partial charge in [0.25, 0.3) is 0 Å². The second kappa shape index (κ2) is 6.68. The summed E-state index contributed by atoms with van der Waals surface area (Å²) in [5.41, 5.74) is 2.12. The molecule has 0 amide bonds. The van der Waals surface area contributed by atoms with Crippen molar-refractivity contribution in [3.63, 3.8) is 0 Å². The van der Waals surface area contributed by atoms with Crippen LogP contribution in [-0.4, -0.2) is 20.6 Å². The highest BCUT2D eigenvalue weighted by molar-refractivity contribution is 5.67. The molecule has 1 N–H and O–H groups in total. The number of hydrogen-bond donors (Lipinski definition) is 1. The van der Waals surface area contributed by atoms with Crippen LogP contribution in [0.5, 0.6) is 0 Å². The van der Waals surface area contributed by atoms with E-state index in [4.69, 9.17) is 5.11 Å². The highest BCUT2D eigenvalue weighted by Gasteiger charge is 2.19. The molecule has 2 atom stereocenters. The Balaban J connectivity index is 3.28. The second-order valence-corrected chi connectivity index (χ2v) is 5.43. The first-order valence-corrected chi connectivity index (χ1v) is 7.09. The Morgan fingerprint density at radius 2 is 1.95 bits per heavy atom. The van der Waals surface area contributed by atoms with E-state index >= 15 is 0 Å². The predicted molar refractivity (Wildman–Crippen MR) is 78.1 cm³/mol. The summed E-state index contributed by atoms with van der Waals surface area (Å²) in [7, 11) is 0. The summed E-state index contributed by atoms with van der Waals surface area (Å²) in [6, 6.07) is 0.0594. The average molecular weight is 280 g/mol. The van der Waals surface area contributed by atoms with Gasteiger partial charge in [-0.25, -0.2) is 4.79 Å². The van der Waals surface area contributed by atoms with Gasteiger partial charge < -0.3 is 5.11 Å². The van der Waals surface area contributed by atoms with Gasteiger partial charge in [0.2, 0.25) is 0 Å². The zero-order valence-electron chi connectivity index (χ0n) is 12.9. The molecule has 0 saturated carbocycles. The number of rotatable bonds is 6. The van der Waals surface area contributed by atoms with Crippen LogP contribution >= 0.6 is 0 Å². The van der Waals surface area contributed by atoms with Crippen LogP contribution in [0.25, 0.3) is 0 Å². The first-order chi connectivity index (χ1) is 9.29. The molecule has 20 heavy (non-hydrogen) atoms. The minimum Gasteiger partial charge on any atom is -0.481 e. The molecule has 1 aromatic rings. The van der Waals surface area contributed by atoms with Crippen molar-refractivity contribution in [1.29, 1.82) is 0 Å². The smallest absolute Gasteiger partial charge is 0.348 e. The molecule has 1 rings (SSSR count). The molecular weight excluding hydrogens is 256 g/mol. The van der Waals surface area contributed by atoms with E-state index in [1.165, 1.54) is 0 Å². The van der Waals surface area contributed by atoms with Crippen LogP contribution in [0.2, 0.25) is 0 Å². The van der Waals surface area contributed by atoms with Crippen LogP contribution < -0.4 is 5.69 Å². The Kier molecular flexibility index (Phi) is 5.48. The first-order valence-electron chi connectivity index (χ1n) is 7.09. The van der Waals surface area contributed by atoms with Gasteiger partial charge in [0.15, 0.2) is 0 Å². The van der Waals surface area contributed by atoms with E-state index in [1.807, 2.05) is 13.8 Å². The van der Waals surface area contributed by atoms with Crippen LogP contribution in [0, 0.1) is 19.8 Å². The monoisotopic (exact) mass is 280 g/mol. The zero-order valence-corrected chi connectivity index (χ0v) is 12.9. The van der Waals surface area contributed by atoms with Crippen LogP contribution in [-0.2, 0) is 11.2 Å². The molecule has 5 heteroatoms. The maximum Gasteiger partial charge on any atom is 0.348 e. The Hall–Kier alpha value is -1.65. The summed E-state index contributed by atoms with van der Waals surface area (Å²) in [5.74, 6) is -0.472. The zero-order chi connectivity index (χ0) is 15.4. The van der Waals surface area contributed by atoms with Crippen molar-refractivity contribution in [2.45, 2.75) is 59.9 Å². The summed E-state index contributed by atoms with van der Waals surface area (Å²) < 4.78 is 1.71. The van der Waals surface area contributed by atoms with Crippen molar-refractivity contribution in [1.82, 2.24) is 9.55 Å². The van der Waals surface area contributed by atoms with Gasteiger partial charge in [-0.3, -0.25) is 9.36 Å². The van der Waals surface area contributed by atoms with E-state index in [0.717, 1.165) is 17.7 Å². The third kappa shape index (κ3) is 3.46. The van der Waals surface area contributed by atoms with E-state index in [2.05, 4.69) is 18.8 Å². The molecule has 112 valence electrons. The molecule has 2 unspecified atom stereocenters. The van der Waals surface area contributed by atoms with Crippen molar-refractivity contribution in [3.8, 4) is 0 Å². The molecule has 0 radical (unpaired) electrons. The quantitative estimate of drug-likeness (QED) is 0.869. The number of carboxylic acids is 1.